The van der Waals surface area contributed by atoms with Crippen LogP contribution in [0.15, 0.2) is 29.2 Å². The molecule has 1 aromatic carbocycles. The Morgan fingerprint density at radius 1 is 1.10 bits per heavy atom. The molecule has 0 aliphatic heterocycles. The molecule has 1 amide bonds. The van der Waals surface area contributed by atoms with Gasteiger partial charge in [0.25, 0.3) is 10.0 Å². The number of carbonyl (C=O) groups excluding carboxylic acids is 1. The van der Waals surface area contributed by atoms with E-state index in [2.05, 4.69) is 25.5 Å². The van der Waals surface area contributed by atoms with Crippen molar-refractivity contribution in [2.45, 2.75) is 116 Å². The summed E-state index contributed by atoms with van der Waals surface area (Å²) in [5, 5.41) is 22.3. The zero-order valence-electron chi connectivity index (χ0n) is 25.4. The van der Waals surface area contributed by atoms with Crippen LogP contribution >= 0.6 is 0 Å². The van der Waals surface area contributed by atoms with E-state index in [9.17, 15) is 23.4 Å². The number of nitrogens with one attached hydrogen (secondary N) is 1. The minimum absolute atomic E-state index is 0.0243. The maximum Gasteiger partial charge on any atom is 0.264 e. The number of halogens is 1. The van der Waals surface area contributed by atoms with Gasteiger partial charge >= 0.3 is 0 Å². The highest BCUT2D eigenvalue weighted by Gasteiger charge is 2.66. The maximum atomic E-state index is 15.6. The molecule has 4 fully saturated rings. The number of benzene rings is 1. The van der Waals surface area contributed by atoms with Gasteiger partial charge in [0.2, 0.25) is 5.91 Å². The van der Waals surface area contributed by atoms with Crippen molar-refractivity contribution in [1.82, 2.24) is 4.72 Å². The smallest absolute Gasteiger partial charge is 0.264 e. The van der Waals surface area contributed by atoms with Gasteiger partial charge in [0.1, 0.15) is 6.17 Å². The molecule has 0 bridgehead atoms. The van der Waals surface area contributed by atoms with Crippen LogP contribution in [0, 0.1) is 59.2 Å². The van der Waals surface area contributed by atoms with Gasteiger partial charge in [-0.3, -0.25) is 4.79 Å². The molecule has 12 atom stereocenters. The van der Waals surface area contributed by atoms with E-state index in [1.54, 1.807) is 12.1 Å². The van der Waals surface area contributed by atoms with Gasteiger partial charge in [0, 0.05) is 12.3 Å². The molecule has 230 valence electrons. The molecule has 5 rings (SSSR count). The number of hydrogen-bond donors (Lipinski definition) is 3. The van der Waals surface area contributed by atoms with Crippen LogP contribution in [0.25, 0.3) is 0 Å². The van der Waals surface area contributed by atoms with Gasteiger partial charge in [-0.05, 0) is 116 Å². The van der Waals surface area contributed by atoms with Crippen LogP contribution in [0.4, 0.5) is 4.39 Å². The van der Waals surface area contributed by atoms with E-state index in [0.717, 1.165) is 37.7 Å². The largest absolute Gasteiger partial charge is 0.393 e. The summed E-state index contributed by atoms with van der Waals surface area (Å²) >= 11 is 0. The summed E-state index contributed by atoms with van der Waals surface area (Å²) in [5.41, 5.74) is 0.627. The van der Waals surface area contributed by atoms with Crippen molar-refractivity contribution in [1.29, 1.82) is 0 Å². The standard InChI is InChI=1S/C33H50FNO5S/c1-6-22-29-30(34)26(36)15-17-33(29,5)25-14-16-32(4)23(11-12-24(32)28(25)31(22)38)20(3)10-13-27(37)35-41(39,40)21-9-7-8-19(2)18-21/h7-9,18,20,22-26,28-31,36,38H,6,10-17H2,1-5H3,(H,35,37)/t20-,22-,23?,24?,25?,26-,28?,29?,30+,31-,32-,33-/m1/s1. The summed E-state index contributed by atoms with van der Waals surface area (Å²) in [5.74, 6) is 0.412. The van der Waals surface area contributed by atoms with Crippen molar-refractivity contribution in [3.05, 3.63) is 29.8 Å². The van der Waals surface area contributed by atoms with Gasteiger partial charge in [-0.1, -0.05) is 46.2 Å². The lowest BCUT2D eigenvalue weighted by molar-refractivity contribution is -0.222. The number of carbonyl (C=O) groups is 1. The molecular formula is C33H50FNO5S. The molecule has 1 aromatic rings. The average molecular weight is 592 g/mol. The Labute approximate surface area is 245 Å². The number of aliphatic hydroxyl groups excluding tert-OH is 2. The molecule has 0 aromatic heterocycles. The molecular weight excluding hydrogens is 541 g/mol. The molecule has 4 aliphatic carbocycles. The second kappa shape index (κ2) is 11.2. The van der Waals surface area contributed by atoms with Gasteiger partial charge in [0.15, 0.2) is 0 Å². The Hall–Kier alpha value is -1.51. The lowest BCUT2D eigenvalue weighted by Crippen LogP contribution is -2.65. The zero-order chi connectivity index (χ0) is 29.9. The highest BCUT2D eigenvalue weighted by molar-refractivity contribution is 7.90. The molecule has 5 unspecified atom stereocenters. The number of aliphatic hydroxyl groups is 2. The van der Waals surface area contributed by atoms with Crippen LogP contribution in [0.1, 0.15) is 91.0 Å². The highest BCUT2D eigenvalue weighted by Crippen LogP contribution is 2.69. The summed E-state index contributed by atoms with van der Waals surface area (Å²) in [6, 6.07) is 6.54. The Morgan fingerprint density at radius 2 is 1.78 bits per heavy atom. The second-order valence-electron chi connectivity index (χ2n) is 14.5. The summed E-state index contributed by atoms with van der Waals surface area (Å²) in [6.07, 6.45) is 4.03. The van der Waals surface area contributed by atoms with Crippen LogP contribution in [-0.2, 0) is 14.8 Å². The highest BCUT2D eigenvalue weighted by atomic mass is 32.2. The minimum atomic E-state index is -3.90. The number of aryl methyl sites for hydroxylation is 1. The molecule has 0 heterocycles. The quantitative estimate of drug-likeness (QED) is 0.372. The van der Waals surface area contributed by atoms with Gasteiger partial charge in [-0.15, -0.1) is 0 Å². The van der Waals surface area contributed by atoms with Crippen LogP contribution in [0.3, 0.4) is 0 Å². The third kappa shape index (κ3) is 5.18. The van der Waals surface area contributed by atoms with Crippen molar-refractivity contribution >= 4 is 15.9 Å². The molecule has 8 heteroatoms. The maximum absolute atomic E-state index is 15.6. The molecule has 0 spiro atoms. The number of fused-ring (bicyclic) bond motifs is 5. The van der Waals surface area contributed by atoms with Crippen molar-refractivity contribution in [2.24, 2.45) is 52.3 Å². The normalized spacial score (nSPS) is 43.0. The predicted molar refractivity (Wildman–Crippen MR) is 157 cm³/mol. The number of amides is 1. The molecule has 0 saturated heterocycles. The molecule has 3 N–H and O–H groups in total. The van der Waals surface area contributed by atoms with E-state index >= 15 is 4.39 Å². The van der Waals surface area contributed by atoms with E-state index < -0.39 is 34.3 Å². The Kier molecular flexibility index (Phi) is 8.45. The summed E-state index contributed by atoms with van der Waals surface area (Å²) in [4.78, 5) is 12.8. The lowest BCUT2D eigenvalue weighted by atomic mass is 9.41. The first-order valence-electron chi connectivity index (χ1n) is 15.9. The third-order valence-electron chi connectivity index (χ3n) is 12.5. The van der Waals surface area contributed by atoms with Crippen LogP contribution < -0.4 is 4.72 Å². The molecule has 0 radical (unpaired) electrons. The first-order valence-corrected chi connectivity index (χ1v) is 17.4. The molecule has 4 saturated carbocycles. The predicted octanol–water partition coefficient (Wildman–Crippen LogP) is 5.79. The van der Waals surface area contributed by atoms with E-state index in [-0.39, 0.29) is 51.7 Å². The second-order valence-corrected chi connectivity index (χ2v) is 16.2. The van der Waals surface area contributed by atoms with Crippen molar-refractivity contribution in [3.63, 3.8) is 0 Å². The summed E-state index contributed by atoms with van der Waals surface area (Å²) in [6.45, 7) is 10.7. The summed E-state index contributed by atoms with van der Waals surface area (Å²) < 4.78 is 43.3. The van der Waals surface area contributed by atoms with Gasteiger partial charge in [0.05, 0.1) is 17.1 Å². The van der Waals surface area contributed by atoms with Crippen molar-refractivity contribution in [3.8, 4) is 0 Å². The Bertz CT molecular complexity index is 1240. The Balaban J connectivity index is 1.28. The SMILES string of the molecule is CC[C@@H]1C2[C@@H](F)[C@H](O)CC[C@]2(C)C2CC[C@@]3(C)C(CCC3[C@H](C)CCC(=O)NS(=O)(=O)c3cccc(C)c3)C2[C@@H]1O. The van der Waals surface area contributed by atoms with Gasteiger partial charge in [-0.25, -0.2) is 17.5 Å². The van der Waals surface area contributed by atoms with Crippen LogP contribution in [-0.4, -0.2) is 42.9 Å². The fraction of sp³-hybridized carbons (Fsp3) is 0.788. The van der Waals surface area contributed by atoms with E-state index in [0.29, 0.717) is 31.1 Å². The topological polar surface area (TPSA) is 104 Å². The Morgan fingerprint density at radius 3 is 2.46 bits per heavy atom. The monoisotopic (exact) mass is 591 g/mol. The first-order chi connectivity index (χ1) is 19.2. The van der Waals surface area contributed by atoms with E-state index in [1.165, 1.54) is 6.07 Å². The summed E-state index contributed by atoms with van der Waals surface area (Å²) in [7, 11) is -3.90. The fourth-order valence-electron chi connectivity index (χ4n) is 10.6. The third-order valence-corrected chi connectivity index (χ3v) is 13.9. The van der Waals surface area contributed by atoms with Crippen LogP contribution in [0.5, 0.6) is 0 Å². The number of hydrogen-bond acceptors (Lipinski definition) is 5. The minimum Gasteiger partial charge on any atom is -0.393 e. The number of sulfonamides is 1. The molecule has 4 aliphatic rings. The number of rotatable bonds is 7. The fourth-order valence-corrected chi connectivity index (χ4v) is 11.7. The van der Waals surface area contributed by atoms with E-state index in [4.69, 9.17) is 0 Å². The molecule has 41 heavy (non-hydrogen) atoms. The first kappa shape index (κ1) is 30.9. The lowest BCUT2D eigenvalue weighted by Gasteiger charge is -2.65. The van der Waals surface area contributed by atoms with Gasteiger partial charge < -0.3 is 10.2 Å². The van der Waals surface area contributed by atoms with Gasteiger partial charge in [-0.2, -0.15) is 0 Å². The average Bonchev–Trinajstić information content (AvgIpc) is 3.27. The van der Waals surface area contributed by atoms with Crippen LogP contribution in [0.2, 0.25) is 0 Å². The van der Waals surface area contributed by atoms with Crippen molar-refractivity contribution < 1.29 is 27.8 Å². The van der Waals surface area contributed by atoms with Crippen molar-refractivity contribution in [2.75, 3.05) is 0 Å². The van der Waals surface area contributed by atoms with E-state index in [1.807, 2.05) is 19.9 Å². The molecule has 6 nitrogen and oxygen atoms in total. The number of alkyl halides is 1. The zero-order valence-corrected chi connectivity index (χ0v) is 26.2.